The average molecular weight is 322 g/mol. The molecule has 1 N–H and O–H groups in total. The number of hydrogen-bond donors (Lipinski definition) is 1. The molecule has 0 fully saturated rings. The van der Waals surface area contributed by atoms with Gasteiger partial charge in [0.1, 0.15) is 0 Å². The predicted molar refractivity (Wildman–Crippen MR) is 82.2 cm³/mol. The lowest BCUT2D eigenvalue weighted by Crippen LogP contribution is -2.18. The fourth-order valence-corrected chi connectivity index (χ4v) is 3.08. The van der Waals surface area contributed by atoms with E-state index in [0.717, 1.165) is 12.8 Å². The van der Waals surface area contributed by atoms with Crippen molar-refractivity contribution >= 4 is 15.9 Å². The minimum absolute atomic E-state index is 0.352. The zero-order valence-electron chi connectivity index (χ0n) is 11.7. The Balaban J connectivity index is 2.10. The highest BCUT2D eigenvalue weighted by atomic mass is 79.9. The lowest BCUT2D eigenvalue weighted by atomic mass is 10.00. The van der Waals surface area contributed by atoms with Crippen LogP contribution in [0.4, 0.5) is 0 Å². The second kappa shape index (κ2) is 6.35. The molecular weight excluding hydrogens is 302 g/mol. The van der Waals surface area contributed by atoms with Crippen LogP contribution in [0.1, 0.15) is 29.3 Å². The Hall–Kier alpha value is -1.13. The maximum atomic E-state index is 4.21. The summed E-state index contributed by atoms with van der Waals surface area (Å²) in [5.74, 6) is 0. The number of aromatic nitrogens is 2. The zero-order chi connectivity index (χ0) is 13.8. The van der Waals surface area contributed by atoms with Crippen molar-refractivity contribution in [2.75, 3.05) is 7.05 Å². The summed E-state index contributed by atoms with van der Waals surface area (Å²) in [4.78, 5) is 0. The first-order valence-corrected chi connectivity index (χ1v) is 7.31. The smallest absolute Gasteiger partial charge is 0.0492 e. The minimum atomic E-state index is 0.352. The van der Waals surface area contributed by atoms with Crippen molar-refractivity contribution in [2.45, 2.75) is 25.8 Å². The first-order valence-electron chi connectivity index (χ1n) is 6.52. The minimum Gasteiger partial charge on any atom is -0.313 e. The van der Waals surface area contributed by atoms with Gasteiger partial charge in [0, 0.05) is 29.5 Å². The van der Waals surface area contributed by atoms with Gasteiger partial charge in [-0.05, 0) is 50.1 Å². The van der Waals surface area contributed by atoms with Gasteiger partial charge >= 0.3 is 0 Å². The van der Waals surface area contributed by atoms with Gasteiger partial charge in [-0.1, -0.05) is 28.1 Å². The summed E-state index contributed by atoms with van der Waals surface area (Å²) in [5.41, 5.74) is 3.86. The highest BCUT2D eigenvalue weighted by Gasteiger charge is 2.13. The molecule has 0 aliphatic carbocycles. The van der Waals surface area contributed by atoms with Gasteiger partial charge in [-0.25, -0.2) is 0 Å². The molecule has 2 aromatic rings. The Morgan fingerprint density at radius 2 is 2.16 bits per heavy atom. The number of hydrogen-bond acceptors (Lipinski definition) is 2. The van der Waals surface area contributed by atoms with Crippen LogP contribution in [0, 0.1) is 6.92 Å². The van der Waals surface area contributed by atoms with Gasteiger partial charge in [0.2, 0.25) is 0 Å². The molecule has 1 aromatic carbocycles. The van der Waals surface area contributed by atoms with Crippen molar-refractivity contribution in [3.8, 4) is 0 Å². The maximum absolute atomic E-state index is 4.21. The Labute approximate surface area is 123 Å². The topological polar surface area (TPSA) is 29.9 Å². The number of nitrogens with one attached hydrogen (secondary N) is 1. The molecule has 1 atom stereocenters. The third-order valence-electron chi connectivity index (χ3n) is 3.49. The first-order chi connectivity index (χ1) is 9.11. The molecule has 0 saturated carbocycles. The Morgan fingerprint density at radius 3 is 2.74 bits per heavy atom. The number of benzene rings is 1. The summed E-state index contributed by atoms with van der Waals surface area (Å²) >= 11 is 3.66. The third kappa shape index (κ3) is 3.45. The fourth-order valence-electron chi connectivity index (χ4n) is 2.31. The summed E-state index contributed by atoms with van der Waals surface area (Å²) < 4.78 is 3.12. The van der Waals surface area contributed by atoms with E-state index in [1.165, 1.54) is 21.3 Å². The van der Waals surface area contributed by atoms with E-state index >= 15 is 0 Å². The molecule has 3 nitrogen and oxygen atoms in total. The van der Waals surface area contributed by atoms with Gasteiger partial charge in [0.15, 0.2) is 0 Å². The Morgan fingerprint density at radius 1 is 1.37 bits per heavy atom. The normalized spacial score (nSPS) is 12.6. The summed E-state index contributed by atoms with van der Waals surface area (Å²) in [6, 6.07) is 8.96. The number of aryl methyl sites for hydroxylation is 3. The van der Waals surface area contributed by atoms with E-state index in [1.54, 1.807) is 0 Å². The largest absolute Gasteiger partial charge is 0.313 e. The fraction of sp³-hybridized carbons (Fsp3) is 0.400. The van der Waals surface area contributed by atoms with Crippen LogP contribution in [0.5, 0.6) is 0 Å². The molecule has 0 aliphatic heterocycles. The second-order valence-electron chi connectivity index (χ2n) is 4.85. The first kappa shape index (κ1) is 14.3. The van der Waals surface area contributed by atoms with Crippen molar-refractivity contribution in [1.29, 1.82) is 0 Å². The van der Waals surface area contributed by atoms with Crippen LogP contribution in [0.2, 0.25) is 0 Å². The van der Waals surface area contributed by atoms with Gasteiger partial charge in [-0.15, -0.1) is 0 Å². The van der Waals surface area contributed by atoms with Crippen molar-refractivity contribution < 1.29 is 0 Å². The molecule has 0 spiro atoms. The summed E-state index contributed by atoms with van der Waals surface area (Å²) in [6.45, 7) is 2.11. The van der Waals surface area contributed by atoms with E-state index in [-0.39, 0.29) is 0 Å². The van der Waals surface area contributed by atoms with Gasteiger partial charge in [0.25, 0.3) is 0 Å². The molecule has 0 bridgehead atoms. The van der Waals surface area contributed by atoms with E-state index in [1.807, 2.05) is 25.0 Å². The number of halogens is 1. The van der Waals surface area contributed by atoms with E-state index in [2.05, 4.69) is 57.5 Å². The lowest BCUT2D eigenvalue weighted by Gasteiger charge is -2.18. The van der Waals surface area contributed by atoms with E-state index in [4.69, 9.17) is 0 Å². The monoisotopic (exact) mass is 321 g/mol. The van der Waals surface area contributed by atoms with Crippen LogP contribution in [0.25, 0.3) is 0 Å². The van der Waals surface area contributed by atoms with Gasteiger partial charge in [0.05, 0.1) is 0 Å². The van der Waals surface area contributed by atoms with Gasteiger partial charge in [-0.3, -0.25) is 4.68 Å². The molecule has 0 aliphatic rings. The average Bonchev–Trinajstić information content (AvgIpc) is 2.78. The molecule has 2 rings (SSSR count). The molecule has 0 amide bonds. The molecule has 102 valence electrons. The van der Waals surface area contributed by atoms with E-state index < -0.39 is 0 Å². The van der Waals surface area contributed by atoms with Crippen LogP contribution in [0.15, 0.2) is 34.9 Å². The molecule has 1 heterocycles. The highest BCUT2D eigenvalue weighted by Crippen LogP contribution is 2.27. The molecular formula is C15H20BrN3. The molecule has 19 heavy (non-hydrogen) atoms. The Bertz CT molecular complexity index is 548. The van der Waals surface area contributed by atoms with Crippen molar-refractivity contribution in [3.63, 3.8) is 0 Å². The maximum Gasteiger partial charge on any atom is 0.0492 e. The quantitative estimate of drug-likeness (QED) is 0.914. The van der Waals surface area contributed by atoms with E-state index in [9.17, 15) is 0 Å². The van der Waals surface area contributed by atoms with Crippen molar-refractivity contribution in [2.24, 2.45) is 7.05 Å². The van der Waals surface area contributed by atoms with Crippen LogP contribution in [-0.2, 0) is 13.5 Å². The number of rotatable bonds is 5. The molecule has 1 aromatic heterocycles. The molecule has 4 heteroatoms. The predicted octanol–water partition coefficient (Wildman–Crippen LogP) is 3.38. The van der Waals surface area contributed by atoms with Crippen LogP contribution in [0.3, 0.4) is 0 Å². The van der Waals surface area contributed by atoms with Gasteiger partial charge in [-0.2, -0.15) is 5.10 Å². The van der Waals surface area contributed by atoms with E-state index in [0.29, 0.717) is 6.04 Å². The number of nitrogens with zero attached hydrogens (tertiary/aromatic N) is 2. The van der Waals surface area contributed by atoms with Crippen LogP contribution < -0.4 is 5.32 Å². The summed E-state index contributed by atoms with van der Waals surface area (Å²) in [7, 11) is 4.01. The highest BCUT2D eigenvalue weighted by molar-refractivity contribution is 9.10. The summed E-state index contributed by atoms with van der Waals surface area (Å²) in [5, 5.41) is 7.61. The molecule has 0 radical (unpaired) electrons. The SMILES string of the molecule is CNC(CCc1ccnn1C)c1ccc(C)cc1Br. The van der Waals surface area contributed by atoms with Crippen molar-refractivity contribution in [3.05, 3.63) is 51.8 Å². The standard InChI is InChI=1S/C15H20BrN3/c1-11-4-6-13(14(16)10-11)15(17-2)7-5-12-8-9-18-19(12)3/h4,6,8-10,15,17H,5,7H2,1-3H3. The lowest BCUT2D eigenvalue weighted by molar-refractivity contribution is 0.534. The van der Waals surface area contributed by atoms with Crippen LogP contribution >= 0.6 is 15.9 Å². The molecule has 0 saturated heterocycles. The van der Waals surface area contributed by atoms with Gasteiger partial charge < -0.3 is 5.32 Å². The third-order valence-corrected chi connectivity index (χ3v) is 4.18. The van der Waals surface area contributed by atoms with Crippen LogP contribution in [-0.4, -0.2) is 16.8 Å². The summed E-state index contributed by atoms with van der Waals surface area (Å²) in [6.07, 6.45) is 3.92. The zero-order valence-corrected chi connectivity index (χ0v) is 13.2. The van der Waals surface area contributed by atoms with Crippen molar-refractivity contribution in [1.82, 2.24) is 15.1 Å². The Kier molecular flexibility index (Phi) is 4.77. The second-order valence-corrected chi connectivity index (χ2v) is 5.71. The molecule has 1 unspecified atom stereocenters.